The van der Waals surface area contributed by atoms with Gasteiger partial charge in [0.05, 0.1) is 0 Å². The molecule has 0 spiro atoms. The van der Waals surface area contributed by atoms with E-state index in [2.05, 4.69) is 0 Å². The Hall–Kier alpha value is 1.54. The van der Waals surface area contributed by atoms with Gasteiger partial charge in [0.15, 0.2) is 0 Å². The summed E-state index contributed by atoms with van der Waals surface area (Å²) in [5.41, 5.74) is 0. The molecule has 0 aromatic heterocycles. The summed E-state index contributed by atoms with van der Waals surface area (Å²) in [5.74, 6) is 0. The average Bonchev–Trinajstić information content (AvgIpc) is 0. The van der Waals surface area contributed by atoms with E-state index in [4.69, 9.17) is 0 Å². The Labute approximate surface area is 69.9 Å². The molecule has 0 saturated heterocycles. The van der Waals surface area contributed by atoms with E-state index in [9.17, 15) is 0 Å². The van der Waals surface area contributed by atoms with Gasteiger partial charge in [-0.3, -0.25) is 0 Å². The van der Waals surface area contributed by atoms with E-state index in [1.165, 1.54) is 0 Å². The van der Waals surface area contributed by atoms with Gasteiger partial charge in [0.25, 0.3) is 0 Å². The van der Waals surface area contributed by atoms with Crippen LogP contribution in [0.3, 0.4) is 0 Å². The van der Waals surface area contributed by atoms with Crippen LogP contribution in [0, 0.1) is 0 Å². The van der Waals surface area contributed by atoms with E-state index >= 15 is 0 Å². The second kappa shape index (κ2) is 84.5. The Morgan fingerprint density at radius 2 is 0.500 bits per heavy atom. The molecule has 3 nitrogen and oxygen atoms in total. The van der Waals surface area contributed by atoms with Crippen LogP contribution in [0.25, 0.3) is 0 Å². The molecule has 0 atom stereocenters. The first-order valence-electron chi connectivity index (χ1n) is 0. The molecule has 0 amide bonds. The standard InChI is InChI=1S/2Cr.Li.3H2O.H/h;;;3*1H2;. The molecule has 0 aliphatic rings. The van der Waals surface area contributed by atoms with Gasteiger partial charge >= 0.3 is 18.9 Å². The van der Waals surface area contributed by atoms with Gasteiger partial charge < -0.3 is 16.4 Å². The van der Waals surface area contributed by atoms with Crippen LogP contribution >= 0.6 is 0 Å². The minimum atomic E-state index is 0. The summed E-state index contributed by atoms with van der Waals surface area (Å²) in [6.07, 6.45) is 0. The summed E-state index contributed by atoms with van der Waals surface area (Å²) in [5, 5.41) is 0. The van der Waals surface area contributed by atoms with Gasteiger partial charge in [-0.1, -0.05) is 0 Å². The first-order valence-corrected chi connectivity index (χ1v) is 0. The van der Waals surface area contributed by atoms with Crippen LogP contribution in [0.5, 0.6) is 0 Å². The Bertz CT molecular complexity index is 8.75. The fraction of sp³-hybridized carbons (Fsp3) is 0. The van der Waals surface area contributed by atoms with Crippen molar-refractivity contribution in [1.29, 1.82) is 0 Å². The molecule has 6 N–H and O–H groups in total. The third-order valence-corrected chi connectivity index (χ3v) is 0. The zero-order valence-corrected chi connectivity index (χ0v) is 4.87. The molecule has 0 aromatic carbocycles. The predicted octanol–water partition coefficient (Wildman–Crippen LogP) is -3.13. The van der Waals surface area contributed by atoms with Crippen molar-refractivity contribution in [2.24, 2.45) is 0 Å². The molecular formula is H7Cr2LiO3. The van der Waals surface area contributed by atoms with Crippen molar-refractivity contribution >= 4 is 18.9 Å². The first kappa shape index (κ1) is 136. The fourth-order valence-electron chi connectivity index (χ4n) is 0. The minimum absolute atomic E-state index is 0. The fourth-order valence-corrected chi connectivity index (χ4v) is 0. The van der Waals surface area contributed by atoms with Gasteiger partial charge in [0, 0.05) is 34.7 Å². The SMILES string of the molecule is O.O.O.[Cr].[Cr].[LiH]. The van der Waals surface area contributed by atoms with E-state index in [-0.39, 0.29) is 70.0 Å². The molecule has 6 heavy (non-hydrogen) atoms. The van der Waals surface area contributed by atoms with Crippen molar-refractivity contribution in [3.63, 3.8) is 0 Å². The van der Waals surface area contributed by atoms with Gasteiger partial charge in [-0.05, 0) is 0 Å². The summed E-state index contributed by atoms with van der Waals surface area (Å²) in [7, 11) is 0. The third-order valence-electron chi connectivity index (χ3n) is 0. The molecule has 0 aliphatic heterocycles. The molecule has 0 radical (unpaired) electrons. The van der Waals surface area contributed by atoms with E-state index < -0.39 is 0 Å². The van der Waals surface area contributed by atoms with Gasteiger partial charge in [-0.15, -0.1) is 0 Å². The second-order valence-electron chi connectivity index (χ2n) is 0. The van der Waals surface area contributed by atoms with E-state index in [1.54, 1.807) is 0 Å². The van der Waals surface area contributed by atoms with Crippen molar-refractivity contribution in [3.05, 3.63) is 0 Å². The number of hydrogen-bond acceptors (Lipinski definition) is 0. The number of hydrogen-bond donors (Lipinski definition) is 0. The first-order chi connectivity index (χ1) is 0. The summed E-state index contributed by atoms with van der Waals surface area (Å²) in [4.78, 5) is 0. The van der Waals surface area contributed by atoms with E-state index in [1.807, 2.05) is 0 Å². The van der Waals surface area contributed by atoms with Crippen LogP contribution in [0.1, 0.15) is 0 Å². The zero-order valence-electron chi connectivity index (χ0n) is 2.32. The Morgan fingerprint density at radius 3 is 0.500 bits per heavy atom. The maximum atomic E-state index is 0. The molecule has 0 rings (SSSR count). The van der Waals surface area contributed by atoms with Crippen LogP contribution in [-0.2, 0) is 34.7 Å². The summed E-state index contributed by atoms with van der Waals surface area (Å²) in [6.45, 7) is 0. The molecule has 0 bridgehead atoms. The van der Waals surface area contributed by atoms with Gasteiger partial charge in [-0.25, -0.2) is 0 Å². The summed E-state index contributed by atoms with van der Waals surface area (Å²) < 4.78 is 0. The van der Waals surface area contributed by atoms with Crippen LogP contribution in [-0.4, -0.2) is 35.3 Å². The van der Waals surface area contributed by atoms with Crippen LogP contribution in [0.2, 0.25) is 0 Å². The quantitative estimate of drug-likeness (QED) is 0.340. The average molecular weight is 166 g/mol. The summed E-state index contributed by atoms with van der Waals surface area (Å²) >= 11 is 0. The molecule has 0 saturated carbocycles. The van der Waals surface area contributed by atoms with E-state index in [0.717, 1.165) is 0 Å². The van der Waals surface area contributed by atoms with Crippen LogP contribution < -0.4 is 0 Å². The molecule has 0 fully saturated rings. The molecule has 0 heterocycles. The van der Waals surface area contributed by atoms with Crippen LogP contribution in [0.15, 0.2) is 0 Å². The summed E-state index contributed by atoms with van der Waals surface area (Å²) in [6, 6.07) is 0. The van der Waals surface area contributed by atoms with Crippen molar-refractivity contribution in [2.75, 3.05) is 0 Å². The van der Waals surface area contributed by atoms with Crippen molar-refractivity contribution in [2.45, 2.75) is 0 Å². The van der Waals surface area contributed by atoms with Gasteiger partial charge in [0.2, 0.25) is 0 Å². The third kappa shape index (κ3) is 48.1. The molecule has 0 aliphatic carbocycles. The molecular weight excluding hydrogens is 159 g/mol. The monoisotopic (exact) mass is 166 g/mol. The topological polar surface area (TPSA) is 94.5 Å². The van der Waals surface area contributed by atoms with Crippen molar-refractivity contribution in [3.8, 4) is 0 Å². The van der Waals surface area contributed by atoms with Gasteiger partial charge in [0.1, 0.15) is 0 Å². The second-order valence-corrected chi connectivity index (χ2v) is 0. The van der Waals surface area contributed by atoms with Gasteiger partial charge in [-0.2, -0.15) is 0 Å². The van der Waals surface area contributed by atoms with Crippen molar-refractivity contribution < 1.29 is 51.2 Å². The normalized spacial score (nSPS) is 0. The molecule has 6 heteroatoms. The zero-order chi connectivity index (χ0) is 0. The Balaban J connectivity index is 0. The number of rotatable bonds is 0. The van der Waals surface area contributed by atoms with Crippen LogP contribution in [0.4, 0.5) is 0 Å². The van der Waals surface area contributed by atoms with E-state index in [0.29, 0.717) is 0 Å². The Morgan fingerprint density at radius 1 is 0.500 bits per heavy atom. The molecule has 0 aromatic rings. The molecule has 38 valence electrons. The van der Waals surface area contributed by atoms with Crippen molar-refractivity contribution in [1.82, 2.24) is 0 Å². The Kier molecular flexibility index (Phi) is 1910. The predicted molar refractivity (Wildman–Crippen MR) is 18.0 cm³/mol. The maximum absolute atomic E-state index is 0. The molecule has 0 unspecified atom stereocenters.